The van der Waals surface area contributed by atoms with E-state index in [2.05, 4.69) is 10.6 Å². The maximum Gasteiger partial charge on any atom is 0.264 e. The average Bonchev–Trinajstić information content (AvgIpc) is 2.66. The summed E-state index contributed by atoms with van der Waals surface area (Å²) in [5.41, 5.74) is 1.93. The number of halogens is 1. The summed E-state index contributed by atoms with van der Waals surface area (Å²) in [6.07, 6.45) is 0. The number of nitrogens with one attached hydrogen (secondary N) is 2. The first-order chi connectivity index (χ1) is 12.8. The molecule has 2 aromatic rings. The molecule has 28 heavy (non-hydrogen) atoms. The van der Waals surface area contributed by atoms with Crippen molar-refractivity contribution in [3.05, 3.63) is 59.7 Å². The van der Waals surface area contributed by atoms with Gasteiger partial charge in [0.2, 0.25) is 0 Å². The molecular formula is C20H28ClN3O3S. The molecule has 0 aliphatic carbocycles. The van der Waals surface area contributed by atoms with Gasteiger partial charge in [-0.1, -0.05) is 30.7 Å². The summed E-state index contributed by atoms with van der Waals surface area (Å²) in [7, 11) is -2.26. The lowest BCUT2D eigenvalue weighted by Crippen LogP contribution is -2.38. The van der Waals surface area contributed by atoms with Gasteiger partial charge in [-0.25, -0.2) is 8.42 Å². The quantitative estimate of drug-likeness (QED) is 0.681. The lowest BCUT2D eigenvalue weighted by atomic mass is 10.2. The van der Waals surface area contributed by atoms with E-state index >= 15 is 0 Å². The van der Waals surface area contributed by atoms with Gasteiger partial charge in [-0.3, -0.25) is 9.10 Å². The van der Waals surface area contributed by atoms with Crippen LogP contribution in [0.5, 0.6) is 0 Å². The van der Waals surface area contributed by atoms with Gasteiger partial charge in [0.25, 0.3) is 15.9 Å². The number of likely N-dealkylation sites (N-methyl/N-ethyl adjacent to an activating group) is 1. The van der Waals surface area contributed by atoms with E-state index in [-0.39, 0.29) is 29.3 Å². The highest BCUT2D eigenvalue weighted by atomic mass is 35.5. The van der Waals surface area contributed by atoms with E-state index in [0.717, 1.165) is 12.1 Å². The monoisotopic (exact) mass is 425 g/mol. The van der Waals surface area contributed by atoms with Crippen molar-refractivity contribution in [2.24, 2.45) is 0 Å². The highest BCUT2D eigenvalue weighted by Crippen LogP contribution is 2.23. The fourth-order valence-electron chi connectivity index (χ4n) is 2.62. The second kappa shape index (κ2) is 10.5. The smallest absolute Gasteiger partial charge is 0.264 e. The molecule has 0 unspecified atom stereocenters. The Hall–Kier alpha value is -2.09. The molecule has 0 aliphatic rings. The fourth-order valence-corrected chi connectivity index (χ4v) is 3.86. The predicted octanol–water partition coefficient (Wildman–Crippen LogP) is 2.97. The van der Waals surface area contributed by atoms with Crippen molar-refractivity contribution in [3.63, 3.8) is 0 Å². The number of nitrogens with zero attached hydrogens (tertiary/aromatic N) is 1. The molecule has 8 heteroatoms. The molecule has 0 saturated heterocycles. The molecule has 154 valence electrons. The van der Waals surface area contributed by atoms with Crippen LogP contribution in [-0.2, 0) is 10.0 Å². The van der Waals surface area contributed by atoms with Gasteiger partial charge in [-0.15, -0.1) is 12.4 Å². The van der Waals surface area contributed by atoms with E-state index in [1.165, 1.54) is 23.5 Å². The van der Waals surface area contributed by atoms with Crippen LogP contribution in [0, 0.1) is 6.92 Å². The number of anilines is 1. The Morgan fingerprint density at radius 1 is 1.14 bits per heavy atom. The maximum absolute atomic E-state index is 12.9. The van der Waals surface area contributed by atoms with Gasteiger partial charge in [0.15, 0.2) is 0 Å². The summed E-state index contributed by atoms with van der Waals surface area (Å²) >= 11 is 0. The number of sulfonamides is 1. The highest BCUT2D eigenvalue weighted by Gasteiger charge is 2.22. The molecule has 0 heterocycles. The van der Waals surface area contributed by atoms with Crippen LogP contribution < -0.4 is 14.9 Å². The first kappa shape index (κ1) is 23.9. The number of carbonyl (C=O) groups is 1. The molecule has 0 fully saturated rings. The Bertz CT molecular complexity index is 886. The summed E-state index contributed by atoms with van der Waals surface area (Å²) in [6.45, 7) is 7.19. The van der Waals surface area contributed by atoms with Gasteiger partial charge in [0.1, 0.15) is 0 Å². The molecule has 1 amide bonds. The topological polar surface area (TPSA) is 78.5 Å². The van der Waals surface area contributed by atoms with Crippen LogP contribution in [0.3, 0.4) is 0 Å². The third kappa shape index (κ3) is 5.95. The van der Waals surface area contributed by atoms with Crippen LogP contribution in [0.2, 0.25) is 0 Å². The SMILES string of the molecule is CCN[C@H](C)CNC(=O)c1cccc(S(=O)(=O)N(C)c2ccc(C)cc2)c1.Cl. The zero-order valence-corrected chi connectivity index (χ0v) is 18.2. The lowest BCUT2D eigenvalue weighted by Gasteiger charge is -2.20. The molecule has 0 aliphatic heterocycles. The minimum atomic E-state index is -3.76. The molecule has 6 nitrogen and oxygen atoms in total. The summed E-state index contributed by atoms with van der Waals surface area (Å²) in [5, 5.41) is 6.03. The van der Waals surface area contributed by atoms with Crippen LogP contribution in [-0.4, -0.2) is 40.5 Å². The molecule has 2 N–H and O–H groups in total. The second-order valence-electron chi connectivity index (χ2n) is 6.50. The normalized spacial score (nSPS) is 12.0. The molecule has 2 aromatic carbocycles. The molecule has 2 rings (SSSR count). The number of carbonyl (C=O) groups excluding carboxylic acids is 1. The van der Waals surface area contributed by atoms with Crippen molar-refractivity contribution in [1.82, 2.24) is 10.6 Å². The standard InChI is InChI=1S/C20H27N3O3S.ClH/c1-5-21-16(3)14-22-20(24)17-7-6-8-19(13-17)27(25,26)23(4)18-11-9-15(2)10-12-18;/h6-13,16,21H,5,14H2,1-4H3,(H,22,24);1H/t16-;/m1./s1. The molecule has 0 spiro atoms. The van der Waals surface area contributed by atoms with Crippen LogP contribution in [0.1, 0.15) is 29.8 Å². The van der Waals surface area contributed by atoms with Crippen molar-refractivity contribution in [1.29, 1.82) is 0 Å². The largest absolute Gasteiger partial charge is 0.350 e. The average molecular weight is 426 g/mol. The van der Waals surface area contributed by atoms with Crippen molar-refractivity contribution >= 4 is 34.0 Å². The first-order valence-corrected chi connectivity index (χ1v) is 10.4. The van der Waals surface area contributed by atoms with Gasteiger partial charge in [-0.2, -0.15) is 0 Å². The zero-order valence-electron chi connectivity index (χ0n) is 16.6. The van der Waals surface area contributed by atoms with E-state index in [0.29, 0.717) is 17.8 Å². The Morgan fingerprint density at radius 2 is 1.79 bits per heavy atom. The van der Waals surface area contributed by atoms with E-state index < -0.39 is 10.0 Å². The van der Waals surface area contributed by atoms with E-state index in [9.17, 15) is 13.2 Å². The van der Waals surface area contributed by atoms with Crippen molar-refractivity contribution in [2.75, 3.05) is 24.4 Å². The van der Waals surface area contributed by atoms with E-state index in [1.807, 2.05) is 32.9 Å². The minimum absolute atomic E-state index is 0. The Labute approximate surface area is 173 Å². The second-order valence-corrected chi connectivity index (χ2v) is 8.47. The van der Waals surface area contributed by atoms with E-state index in [1.54, 1.807) is 24.3 Å². The number of benzene rings is 2. The molecule has 0 aromatic heterocycles. The van der Waals surface area contributed by atoms with Gasteiger partial charge in [0, 0.05) is 25.2 Å². The van der Waals surface area contributed by atoms with Crippen molar-refractivity contribution in [2.45, 2.75) is 31.7 Å². The summed E-state index contributed by atoms with van der Waals surface area (Å²) in [6, 6.07) is 13.5. The highest BCUT2D eigenvalue weighted by molar-refractivity contribution is 7.92. The first-order valence-electron chi connectivity index (χ1n) is 8.93. The van der Waals surface area contributed by atoms with Gasteiger partial charge in [-0.05, 0) is 50.7 Å². The summed E-state index contributed by atoms with van der Waals surface area (Å²) in [5.74, 6) is -0.296. The summed E-state index contributed by atoms with van der Waals surface area (Å²) in [4.78, 5) is 12.4. The summed E-state index contributed by atoms with van der Waals surface area (Å²) < 4.78 is 27.1. The molecule has 0 saturated carbocycles. The molecular weight excluding hydrogens is 398 g/mol. The third-order valence-electron chi connectivity index (χ3n) is 4.27. The number of amides is 1. The van der Waals surface area contributed by atoms with Crippen LogP contribution in [0.25, 0.3) is 0 Å². The number of rotatable bonds is 8. The minimum Gasteiger partial charge on any atom is -0.350 e. The van der Waals surface area contributed by atoms with Gasteiger partial charge in [0.05, 0.1) is 10.6 Å². The number of aryl methyl sites for hydroxylation is 1. The molecule has 1 atom stereocenters. The number of hydrogen-bond acceptors (Lipinski definition) is 4. The van der Waals surface area contributed by atoms with Gasteiger partial charge < -0.3 is 10.6 Å². The van der Waals surface area contributed by atoms with E-state index in [4.69, 9.17) is 0 Å². The van der Waals surface area contributed by atoms with Crippen molar-refractivity contribution in [3.8, 4) is 0 Å². The van der Waals surface area contributed by atoms with Crippen LogP contribution >= 0.6 is 12.4 Å². The molecule has 0 radical (unpaired) electrons. The van der Waals surface area contributed by atoms with Crippen LogP contribution in [0.4, 0.5) is 5.69 Å². The Kier molecular flexibility index (Phi) is 8.94. The fraction of sp³-hybridized carbons (Fsp3) is 0.350. The Balaban J connectivity index is 0.00000392. The third-order valence-corrected chi connectivity index (χ3v) is 6.06. The Morgan fingerprint density at radius 3 is 2.39 bits per heavy atom. The van der Waals surface area contributed by atoms with Gasteiger partial charge >= 0.3 is 0 Å². The van der Waals surface area contributed by atoms with Crippen LogP contribution in [0.15, 0.2) is 53.4 Å². The number of hydrogen-bond donors (Lipinski definition) is 2. The van der Waals surface area contributed by atoms with Crippen molar-refractivity contribution < 1.29 is 13.2 Å². The predicted molar refractivity (Wildman–Crippen MR) is 116 cm³/mol. The zero-order chi connectivity index (χ0) is 20.0. The maximum atomic E-state index is 12.9. The lowest BCUT2D eigenvalue weighted by molar-refractivity contribution is 0.0950. The molecule has 0 bridgehead atoms.